The van der Waals surface area contributed by atoms with Gasteiger partial charge in [-0.3, -0.25) is 0 Å². The Kier molecular flexibility index (Phi) is 5.70. The summed E-state index contributed by atoms with van der Waals surface area (Å²) in [5.41, 5.74) is 2.16. The second-order valence-corrected chi connectivity index (χ2v) is 8.93. The molecule has 1 aromatic rings. The first-order valence-corrected chi connectivity index (χ1v) is 10.5. The van der Waals surface area contributed by atoms with Crippen molar-refractivity contribution < 1.29 is 8.42 Å². The van der Waals surface area contributed by atoms with Gasteiger partial charge in [0.25, 0.3) is 10.2 Å². The first kappa shape index (κ1) is 18.0. The fraction of sp³-hybridized carbons (Fsp3) is 0.647. The Bertz CT molecular complexity index is 664. The van der Waals surface area contributed by atoms with E-state index in [4.69, 9.17) is 11.6 Å². The number of rotatable bonds is 3. The molecule has 3 rings (SSSR count). The van der Waals surface area contributed by atoms with E-state index >= 15 is 0 Å². The van der Waals surface area contributed by atoms with Crippen LogP contribution < -0.4 is 4.90 Å². The average Bonchev–Trinajstić information content (AvgIpc) is 2.87. The van der Waals surface area contributed by atoms with Crippen molar-refractivity contribution in [2.24, 2.45) is 0 Å². The van der Waals surface area contributed by atoms with Gasteiger partial charge in [-0.25, -0.2) is 0 Å². The van der Waals surface area contributed by atoms with Crippen LogP contribution in [0, 0.1) is 6.92 Å². The third-order valence-corrected chi connectivity index (χ3v) is 7.48. The highest BCUT2D eigenvalue weighted by Gasteiger charge is 2.32. The molecule has 0 atom stereocenters. The molecule has 2 heterocycles. The summed E-state index contributed by atoms with van der Waals surface area (Å²) in [6.45, 7) is 5.81. The highest BCUT2D eigenvalue weighted by Crippen LogP contribution is 2.28. The summed E-state index contributed by atoms with van der Waals surface area (Å²) in [6, 6.07) is 5.89. The first-order chi connectivity index (χ1) is 11.5. The number of halogens is 1. The van der Waals surface area contributed by atoms with Crippen LogP contribution in [-0.4, -0.2) is 56.3 Å². The third-order valence-electron chi connectivity index (χ3n) is 5.04. The van der Waals surface area contributed by atoms with Crippen molar-refractivity contribution in [3.63, 3.8) is 0 Å². The molecule has 0 radical (unpaired) electrons. The first-order valence-electron chi connectivity index (χ1n) is 8.75. The smallest absolute Gasteiger partial charge is 0.282 e. The fourth-order valence-corrected chi connectivity index (χ4v) is 5.37. The lowest BCUT2D eigenvalue weighted by Crippen LogP contribution is -2.53. The van der Waals surface area contributed by atoms with Gasteiger partial charge in [0.1, 0.15) is 0 Å². The number of piperazine rings is 1. The van der Waals surface area contributed by atoms with Gasteiger partial charge in [0, 0.05) is 50.0 Å². The predicted molar refractivity (Wildman–Crippen MR) is 98.9 cm³/mol. The fourth-order valence-electron chi connectivity index (χ4n) is 3.53. The van der Waals surface area contributed by atoms with Crippen molar-refractivity contribution in [2.45, 2.75) is 32.6 Å². The molecule has 0 bridgehead atoms. The molecule has 2 aliphatic rings. The van der Waals surface area contributed by atoms with E-state index < -0.39 is 10.2 Å². The van der Waals surface area contributed by atoms with Crippen LogP contribution >= 0.6 is 11.6 Å². The highest BCUT2D eigenvalue weighted by molar-refractivity contribution is 7.86. The second kappa shape index (κ2) is 7.60. The van der Waals surface area contributed by atoms with E-state index in [2.05, 4.69) is 11.0 Å². The lowest BCUT2D eigenvalue weighted by molar-refractivity contribution is 0.327. The second-order valence-electron chi connectivity index (χ2n) is 6.59. The standard InChI is InChI=1S/C17H26ClN3O2S/c1-15-16(18)7-6-8-17(15)19-11-13-21(14-12-19)24(22,23)20-9-4-2-3-5-10-20/h6-8H,2-5,9-14H2,1H3. The van der Waals surface area contributed by atoms with Gasteiger partial charge in [0.2, 0.25) is 0 Å². The minimum Gasteiger partial charge on any atom is -0.369 e. The van der Waals surface area contributed by atoms with Gasteiger partial charge in [-0.15, -0.1) is 0 Å². The maximum atomic E-state index is 12.9. The molecule has 2 aliphatic heterocycles. The summed E-state index contributed by atoms with van der Waals surface area (Å²) in [4.78, 5) is 2.23. The normalized spacial score (nSPS) is 21.7. The molecular weight excluding hydrogens is 346 g/mol. The maximum absolute atomic E-state index is 12.9. The maximum Gasteiger partial charge on any atom is 0.282 e. The SMILES string of the molecule is Cc1c(Cl)cccc1N1CCN(S(=O)(=O)N2CCCCCC2)CC1. The van der Waals surface area contributed by atoms with Crippen LogP contribution in [0.15, 0.2) is 18.2 Å². The predicted octanol–water partition coefficient (Wildman–Crippen LogP) is 2.89. The lowest BCUT2D eigenvalue weighted by atomic mass is 10.1. The summed E-state index contributed by atoms with van der Waals surface area (Å²) in [7, 11) is -3.32. The average molecular weight is 372 g/mol. The zero-order chi connectivity index (χ0) is 17.2. The molecule has 7 heteroatoms. The van der Waals surface area contributed by atoms with Gasteiger partial charge in [0.05, 0.1) is 0 Å². The minimum absolute atomic E-state index is 0.533. The number of hydrogen-bond acceptors (Lipinski definition) is 3. The van der Waals surface area contributed by atoms with Crippen molar-refractivity contribution in [3.8, 4) is 0 Å². The number of hydrogen-bond donors (Lipinski definition) is 0. The molecule has 0 N–H and O–H groups in total. The van der Waals surface area contributed by atoms with E-state index in [0.717, 1.165) is 42.0 Å². The molecule has 1 aromatic carbocycles. The van der Waals surface area contributed by atoms with Gasteiger partial charge in [-0.1, -0.05) is 30.5 Å². The third kappa shape index (κ3) is 3.72. The summed E-state index contributed by atoms with van der Waals surface area (Å²) in [6.07, 6.45) is 4.21. The van der Waals surface area contributed by atoms with Crippen molar-refractivity contribution >= 4 is 27.5 Å². The molecule has 134 valence electrons. The Labute approximate surface area is 150 Å². The van der Waals surface area contributed by atoms with Gasteiger partial charge >= 0.3 is 0 Å². The van der Waals surface area contributed by atoms with E-state index in [1.807, 2.05) is 19.1 Å². The number of anilines is 1. The number of benzene rings is 1. The molecule has 0 aromatic heterocycles. The van der Waals surface area contributed by atoms with E-state index in [0.29, 0.717) is 39.3 Å². The van der Waals surface area contributed by atoms with Crippen LogP contribution in [0.5, 0.6) is 0 Å². The van der Waals surface area contributed by atoms with E-state index in [1.54, 1.807) is 8.61 Å². The monoisotopic (exact) mass is 371 g/mol. The molecule has 0 aliphatic carbocycles. The highest BCUT2D eigenvalue weighted by atomic mass is 35.5. The Morgan fingerprint density at radius 1 is 0.875 bits per heavy atom. The zero-order valence-electron chi connectivity index (χ0n) is 14.2. The Morgan fingerprint density at radius 2 is 1.46 bits per heavy atom. The van der Waals surface area contributed by atoms with E-state index in [9.17, 15) is 8.42 Å². The van der Waals surface area contributed by atoms with Crippen molar-refractivity contribution in [2.75, 3.05) is 44.2 Å². The van der Waals surface area contributed by atoms with Crippen molar-refractivity contribution in [1.82, 2.24) is 8.61 Å². The van der Waals surface area contributed by atoms with Gasteiger partial charge in [-0.2, -0.15) is 17.0 Å². The van der Waals surface area contributed by atoms with E-state index in [1.165, 1.54) is 0 Å². The molecule has 24 heavy (non-hydrogen) atoms. The summed E-state index contributed by atoms with van der Waals surface area (Å²) >= 11 is 6.21. The minimum atomic E-state index is -3.32. The summed E-state index contributed by atoms with van der Waals surface area (Å²) < 4.78 is 29.1. The topological polar surface area (TPSA) is 43.9 Å². The van der Waals surface area contributed by atoms with Gasteiger partial charge < -0.3 is 4.90 Å². The van der Waals surface area contributed by atoms with Crippen LogP contribution in [-0.2, 0) is 10.2 Å². The molecule has 0 spiro atoms. The quantitative estimate of drug-likeness (QED) is 0.820. The van der Waals surface area contributed by atoms with Gasteiger partial charge in [-0.05, 0) is 37.5 Å². The number of nitrogens with zero attached hydrogens (tertiary/aromatic N) is 3. The molecule has 0 unspecified atom stereocenters. The van der Waals surface area contributed by atoms with Crippen LogP contribution in [0.2, 0.25) is 5.02 Å². The van der Waals surface area contributed by atoms with E-state index in [-0.39, 0.29) is 0 Å². The molecule has 2 fully saturated rings. The Hall–Kier alpha value is -0.820. The largest absolute Gasteiger partial charge is 0.369 e. The molecule has 5 nitrogen and oxygen atoms in total. The van der Waals surface area contributed by atoms with Crippen LogP contribution in [0.1, 0.15) is 31.2 Å². The molecule has 2 saturated heterocycles. The summed E-state index contributed by atoms with van der Waals surface area (Å²) in [5, 5.41) is 0.757. The van der Waals surface area contributed by atoms with Crippen LogP contribution in [0.25, 0.3) is 0 Å². The Balaban J connectivity index is 1.67. The van der Waals surface area contributed by atoms with Crippen LogP contribution in [0.3, 0.4) is 0 Å². The van der Waals surface area contributed by atoms with Gasteiger partial charge in [0.15, 0.2) is 0 Å². The molecule has 0 amide bonds. The van der Waals surface area contributed by atoms with Crippen molar-refractivity contribution in [3.05, 3.63) is 28.8 Å². The van der Waals surface area contributed by atoms with Crippen molar-refractivity contribution in [1.29, 1.82) is 0 Å². The Morgan fingerprint density at radius 3 is 2.08 bits per heavy atom. The summed E-state index contributed by atoms with van der Waals surface area (Å²) in [5.74, 6) is 0. The lowest BCUT2D eigenvalue weighted by Gasteiger charge is -2.38. The van der Waals surface area contributed by atoms with Crippen LogP contribution in [0.4, 0.5) is 5.69 Å². The molecular formula is C17H26ClN3O2S. The molecule has 0 saturated carbocycles. The zero-order valence-corrected chi connectivity index (χ0v) is 15.8.